The van der Waals surface area contributed by atoms with Crippen LogP contribution in [0.2, 0.25) is 0 Å². The maximum atomic E-state index is 12.3. The molecule has 0 N–H and O–H groups in total. The van der Waals surface area contributed by atoms with Gasteiger partial charge in [-0.15, -0.1) is 6.42 Å². The van der Waals surface area contributed by atoms with Gasteiger partial charge in [-0.2, -0.15) is 0 Å². The number of hydrogen-bond donors (Lipinski definition) is 0. The first-order valence-electron chi connectivity index (χ1n) is 7.34. The van der Waals surface area contributed by atoms with Crippen LogP contribution < -0.4 is 5.56 Å². The van der Waals surface area contributed by atoms with E-state index in [1.165, 1.54) is 29.1 Å². The van der Waals surface area contributed by atoms with Crippen LogP contribution >= 0.6 is 0 Å². The smallest absolute Gasteiger partial charge is 0.251 e. The largest absolute Gasteiger partial charge is 0.437 e. The molecular weight excluding hydrogens is 304 g/mol. The van der Waals surface area contributed by atoms with Crippen molar-refractivity contribution in [2.24, 2.45) is 0 Å². The van der Waals surface area contributed by atoms with Gasteiger partial charge in [0.15, 0.2) is 11.7 Å². The van der Waals surface area contributed by atoms with Crippen molar-refractivity contribution in [2.75, 3.05) is 0 Å². The van der Waals surface area contributed by atoms with Crippen LogP contribution in [-0.2, 0) is 13.0 Å². The predicted octanol–water partition coefficient (Wildman–Crippen LogP) is 2.29. The van der Waals surface area contributed by atoms with Crippen molar-refractivity contribution >= 4 is 5.78 Å². The predicted molar refractivity (Wildman–Crippen MR) is 88.7 cm³/mol. The molecular formula is C19H14N2O3. The second-order valence-corrected chi connectivity index (χ2v) is 5.23. The Balaban J connectivity index is 1.75. The topological polar surface area (TPSA) is 65.1 Å². The van der Waals surface area contributed by atoms with E-state index in [0.717, 1.165) is 5.56 Å². The Kier molecular flexibility index (Phi) is 4.39. The summed E-state index contributed by atoms with van der Waals surface area (Å²) >= 11 is 0. The number of benzene rings is 1. The number of aromatic nitrogens is 2. The molecule has 2 heterocycles. The van der Waals surface area contributed by atoms with Crippen molar-refractivity contribution in [3.05, 3.63) is 88.0 Å². The van der Waals surface area contributed by atoms with E-state index in [0.29, 0.717) is 17.9 Å². The molecule has 5 heteroatoms. The highest BCUT2D eigenvalue weighted by Gasteiger charge is 2.14. The summed E-state index contributed by atoms with van der Waals surface area (Å²) in [4.78, 5) is 28.2. The molecule has 0 unspecified atom stereocenters. The highest BCUT2D eigenvalue weighted by Crippen LogP contribution is 2.11. The lowest BCUT2D eigenvalue weighted by Gasteiger charge is -2.03. The maximum absolute atomic E-state index is 12.3. The minimum Gasteiger partial charge on any atom is -0.437 e. The van der Waals surface area contributed by atoms with Gasteiger partial charge in [0.1, 0.15) is 0 Å². The Bertz CT molecular complexity index is 962. The number of hydrogen-bond acceptors (Lipinski definition) is 4. The molecule has 0 aliphatic rings. The summed E-state index contributed by atoms with van der Waals surface area (Å²) in [5, 5.41) is 0. The number of Topliss-reactive ketones (excluding diaryl/α,β-unsaturated/α-hetero) is 1. The number of pyridine rings is 1. The second-order valence-electron chi connectivity index (χ2n) is 5.23. The summed E-state index contributed by atoms with van der Waals surface area (Å²) in [5.41, 5.74) is 1.27. The summed E-state index contributed by atoms with van der Waals surface area (Å²) in [6.07, 6.45) is 8.67. The third-order valence-electron chi connectivity index (χ3n) is 3.49. The zero-order chi connectivity index (χ0) is 16.9. The number of ketones is 1. The van der Waals surface area contributed by atoms with Crippen molar-refractivity contribution in [1.29, 1.82) is 0 Å². The summed E-state index contributed by atoms with van der Waals surface area (Å²) in [6.45, 7) is -0.145. The van der Waals surface area contributed by atoms with E-state index < -0.39 is 0 Å². The fourth-order valence-corrected chi connectivity index (χ4v) is 2.26. The van der Waals surface area contributed by atoms with Gasteiger partial charge in [-0.1, -0.05) is 36.3 Å². The van der Waals surface area contributed by atoms with Gasteiger partial charge >= 0.3 is 0 Å². The Morgan fingerprint density at radius 1 is 1.21 bits per heavy atom. The number of oxazole rings is 1. The molecule has 3 aromatic rings. The number of terminal acetylenes is 1. The van der Waals surface area contributed by atoms with Crippen molar-refractivity contribution in [3.8, 4) is 12.3 Å². The zero-order valence-electron chi connectivity index (χ0n) is 12.8. The summed E-state index contributed by atoms with van der Waals surface area (Å²) < 4.78 is 6.76. The van der Waals surface area contributed by atoms with Gasteiger partial charge in [0.25, 0.3) is 5.56 Å². The summed E-state index contributed by atoms with van der Waals surface area (Å²) in [6, 6.07) is 12.6. The van der Waals surface area contributed by atoms with Gasteiger partial charge in [0.2, 0.25) is 5.78 Å². The average molecular weight is 318 g/mol. The number of carbonyl (C=O) groups is 1. The van der Waals surface area contributed by atoms with Gasteiger partial charge in [-0.25, -0.2) is 4.98 Å². The molecule has 0 saturated carbocycles. The lowest BCUT2D eigenvalue weighted by atomic mass is 10.2. The molecule has 0 radical (unpaired) electrons. The molecule has 0 spiro atoms. The number of rotatable bonds is 5. The summed E-state index contributed by atoms with van der Waals surface area (Å²) in [5.74, 6) is 2.67. The third kappa shape index (κ3) is 3.50. The first-order chi connectivity index (χ1) is 11.7. The highest BCUT2D eigenvalue weighted by molar-refractivity contribution is 5.92. The van der Waals surface area contributed by atoms with Gasteiger partial charge in [0, 0.05) is 24.2 Å². The van der Waals surface area contributed by atoms with Crippen LogP contribution in [0.25, 0.3) is 0 Å². The Morgan fingerprint density at radius 3 is 2.75 bits per heavy atom. The van der Waals surface area contributed by atoms with E-state index in [1.54, 1.807) is 0 Å². The molecule has 0 bridgehead atoms. The standard InChI is InChI=1S/C19H14N2O3/c1-2-14-8-9-19(23)21(12-14)13-16(22)17-11-20-18(24-17)10-15-6-4-3-5-7-15/h1,3-9,11-12H,10,13H2. The van der Waals surface area contributed by atoms with Crippen LogP contribution in [0.3, 0.4) is 0 Å². The Morgan fingerprint density at radius 2 is 2.00 bits per heavy atom. The summed E-state index contributed by atoms with van der Waals surface area (Å²) in [7, 11) is 0. The first kappa shape index (κ1) is 15.5. The maximum Gasteiger partial charge on any atom is 0.251 e. The molecule has 0 aliphatic heterocycles. The molecule has 0 saturated heterocycles. The van der Waals surface area contributed by atoms with E-state index in [4.69, 9.17) is 10.8 Å². The van der Waals surface area contributed by atoms with Crippen LogP contribution in [0, 0.1) is 12.3 Å². The van der Waals surface area contributed by atoms with Crippen LogP contribution in [0.15, 0.2) is 64.1 Å². The monoisotopic (exact) mass is 318 g/mol. The highest BCUT2D eigenvalue weighted by atomic mass is 16.4. The van der Waals surface area contributed by atoms with Crippen molar-refractivity contribution in [3.63, 3.8) is 0 Å². The lowest BCUT2D eigenvalue weighted by molar-refractivity contribution is 0.0942. The number of nitrogens with zero attached hydrogens (tertiary/aromatic N) is 2. The molecule has 5 nitrogen and oxygen atoms in total. The molecule has 0 amide bonds. The zero-order valence-corrected chi connectivity index (χ0v) is 12.8. The van der Waals surface area contributed by atoms with E-state index in [2.05, 4.69) is 10.9 Å². The van der Waals surface area contributed by atoms with Crippen LogP contribution in [0.1, 0.15) is 27.6 Å². The quantitative estimate of drug-likeness (QED) is 0.535. The van der Waals surface area contributed by atoms with Crippen molar-refractivity contribution in [2.45, 2.75) is 13.0 Å². The minimum atomic E-state index is -0.335. The molecule has 0 fully saturated rings. The molecule has 0 atom stereocenters. The van der Waals surface area contributed by atoms with Gasteiger partial charge < -0.3 is 8.98 Å². The molecule has 2 aromatic heterocycles. The molecule has 3 rings (SSSR count). The molecule has 1 aromatic carbocycles. The lowest BCUT2D eigenvalue weighted by Crippen LogP contribution is -2.23. The Labute approximate surface area is 138 Å². The van der Waals surface area contributed by atoms with Gasteiger partial charge in [-0.05, 0) is 11.6 Å². The second kappa shape index (κ2) is 6.80. The van der Waals surface area contributed by atoms with Crippen molar-refractivity contribution in [1.82, 2.24) is 9.55 Å². The van der Waals surface area contributed by atoms with Crippen molar-refractivity contribution < 1.29 is 9.21 Å². The SMILES string of the molecule is C#Cc1ccc(=O)n(CC(=O)c2cnc(Cc3ccccc3)o2)c1. The fraction of sp³-hybridized carbons (Fsp3) is 0.105. The minimum absolute atomic E-state index is 0.124. The van der Waals surface area contributed by atoms with E-state index in [9.17, 15) is 9.59 Å². The fourth-order valence-electron chi connectivity index (χ4n) is 2.26. The normalized spacial score (nSPS) is 10.3. The van der Waals surface area contributed by atoms with Gasteiger partial charge in [0.05, 0.1) is 12.7 Å². The van der Waals surface area contributed by atoms with E-state index in [-0.39, 0.29) is 23.6 Å². The molecule has 24 heavy (non-hydrogen) atoms. The third-order valence-corrected chi connectivity index (χ3v) is 3.49. The molecule has 0 aliphatic carbocycles. The Hall–Kier alpha value is -3.39. The first-order valence-corrected chi connectivity index (χ1v) is 7.34. The van der Waals surface area contributed by atoms with E-state index >= 15 is 0 Å². The van der Waals surface area contributed by atoms with E-state index in [1.807, 2.05) is 30.3 Å². The van der Waals surface area contributed by atoms with Gasteiger partial charge in [-0.3, -0.25) is 9.59 Å². The number of carbonyl (C=O) groups excluding carboxylic acids is 1. The van der Waals surface area contributed by atoms with Crippen LogP contribution in [0.4, 0.5) is 0 Å². The van der Waals surface area contributed by atoms with Crippen LogP contribution in [0.5, 0.6) is 0 Å². The molecule has 118 valence electrons. The average Bonchev–Trinajstić information content (AvgIpc) is 3.06. The van der Waals surface area contributed by atoms with Crippen LogP contribution in [-0.4, -0.2) is 15.3 Å².